The third-order valence-electron chi connectivity index (χ3n) is 3.08. The van der Waals surface area contributed by atoms with Gasteiger partial charge in [0.2, 0.25) is 0 Å². The Balaban J connectivity index is 1.83. The molecule has 1 N–H and O–H groups in total. The van der Waals surface area contributed by atoms with E-state index in [1.54, 1.807) is 18.6 Å². The van der Waals surface area contributed by atoms with Gasteiger partial charge in [-0.3, -0.25) is 0 Å². The number of hydrogen-bond acceptors (Lipinski definition) is 3. The molecule has 4 heteroatoms. The first kappa shape index (κ1) is 14.1. The predicted molar refractivity (Wildman–Crippen MR) is 76.1 cm³/mol. The van der Waals surface area contributed by atoms with Crippen LogP contribution in [0.25, 0.3) is 0 Å². The monoisotopic (exact) mass is 279 g/mol. The van der Waals surface area contributed by atoms with E-state index < -0.39 is 6.10 Å². The highest BCUT2D eigenvalue weighted by atomic mass is 35.5. The van der Waals surface area contributed by atoms with Crippen molar-refractivity contribution < 1.29 is 9.52 Å². The van der Waals surface area contributed by atoms with Crippen molar-refractivity contribution in [1.29, 1.82) is 0 Å². The van der Waals surface area contributed by atoms with E-state index in [9.17, 15) is 5.11 Å². The molecule has 0 saturated carbocycles. The highest BCUT2D eigenvalue weighted by molar-refractivity contribution is 6.31. The van der Waals surface area contributed by atoms with Crippen LogP contribution in [0.15, 0.2) is 47.3 Å². The molecule has 0 bridgehead atoms. The van der Waals surface area contributed by atoms with Crippen LogP contribution in [0.3, 0.4) is 0 Å². The molecule has 19 heavy (non-hydrogen) atoms. The van der Waals surface area contributed by atoms with Gasteiger partial charge in [-0.1, -0.05) is 29.8 Å². The second-order valence-corrected chi connectivity index (χ2v) is 5.10. The number of hydrogen-bond donors (Lipinski definition) is 1. The average molecular weight is 280 g/mol. The Bertz CT molecular complexity index is 499. The van der Waals surface area contributed by atoms with Gasteiger partial charge in [0.1, 0.15) is 0 Å². The van der Waals surface area contributed by atoms with E-state index in [0.717, 1.165) is 24.2 Å². The van der Waals surface area contributed by atoms with Crippen LogP contribution in [0, 0.1) is 0 Å². The van der Waals surface area contributed by atoms with Crippen molar-refractivity contribution >= 4 is 11.6 Å². The zero-order valence-corrected chi connectivity index (χ0v) is 11.7. The van der Waals surface area contributed by atoms with Gasteiger partial charge in [0.05, 0.1) is 18.6 Å². The lowest BCUT2D eigenvalue weighted by atomic mass is 10.1. The van der Waals surface area contributed by atoms with Gasteiger partial charge < -0.3 is 14.4 Å². The normalized spacial score (nSPS) is 12.8. The lowest BCUT2D eigenvalue weighted by molar-refractivity contribution is 0.147. The summed E-state index contributed by atoms with van der Waals surface area (Å²) in [5, 5.41) is 10.8. The molecule has 1 heterocycles. The van der Waals surface area contributed by atoms with Crippen molar-refractivity contribution in [3.8, 4) is 0 Å². The molecule has 1 unspecified atom stereocenters. The lowest BCUT2D eigenvalue weighted by Crippen LogP contribution is -2.20. The Hall–Kier alpha value is -1.29. The second kappa shape index (κ2) is 6.75. The highest BCUT2D eigenvalue weighted by Crippen LogP contribution is 2.24. The van der Waals surface area contributed by atoms with Crippen LogP contribution < -0.4 is 0 Å². The van der Waals surface area contributed by atoms with E-state index in [0.29, 0.717) is 11.4 Å². The second-order valence-electron chi connectivity index (χ2n) is 4.70. The fourth-order valence-electron chi connectivity index (χ4n) is 2.02. The molecule has 0 saturated heterocycles. The molecular formula is C15H18ClNO2. The van der Waals surface area contributed by atoms with Gasteiger partial charge in [-0.15, -0.1) is 0 Å². The summed E-state index contributed by atoms with van der Waals surface area (Å²) in [6.07, 6.45) is 3.53. The first-order chi connectivity index (χ1) is 9.16. The molecule has 0 fully saturated rings. The van der Waals surface area contributed by atoms with Crippen molar-refractivity contribution in [2.75, 3.05) is 13.6 Å². The standard InChI is InChI=1S/C15H18ClNO2/c1-17(10-12-7-9-19-11-12)8-6-15(18)13-4-2-3-5-14(13)16/h2-5,7,9,11,15,18H,6,8,10H2,1H3. The van der Waals surface area contributed by atoms with E-state index in [2.05, 4.69) is 4.90 Å². The largest absolute Gasteiger partial charge is 0.472 e. The third kappa shape index (κ3) is 4.10. The summed E-state index contributed by atoms with van der Waals surface area (Å²) in [6, 6.07) is 9.36. The van der Waals surface area contributed by atoms with Gasteiger partial charge >= 0.3 is 0 Å². The van der Waals surface area contributed by atoms with Crippen LogP contribution in [0.5, 0.6) is 0 Å². The fraction of sp³-hybridized carbons (Fsp3) is 0.333. The van der Waals surface area contributed by atoms with Crippen LogP contribution >= 0.6 is 11.6 Å². The van der Waals surface area contributed by atoms with E-state index in [4.69, 9.17) is 16.0 Å². The van der Waals surface area contributed by atoms with Crippen LogP contribution in [0.4, 0.5) is 0 Å². The van der Waals surface area contributed by atoms with Crippen LogP contribution in [-0.4, -0.2) is 23.6 Å². The van der Waals surface area contributed by atoms with E-state index in [1.165, 1.54) is 0 Å². The van der Waals surface area contributed by atoms with Crippen LogP contribution in [0.1, 0.15) is 23.7 Å². The summed E-state index contributed by atoms with van der Waals surface area (Å²) >= 11 is 6.06. The van der Waals surface area contributed by atoms with E-state index in [-0.39, 0.29) is 0 Å². The van der Waals surface area contributed by atoms with Crippen molar-refractivity contribution in [1.82, 2.24) is 4.90 Å². The molecule has 0 spiro atoms. The molecule has 0 aliphatic rings. The first-order valence-electron chi connectivity index (χ1n) is 6.29. The number of halogens is 1. The Labute approximate surface area is 118 Å². The number of rotatable bonds is 6. The Kier molecular flexibility index (Phi) is 5.02. The van der Waals surface area contributed by atoms with Crippen LogP contribution in [-0.2, 0) is 6.54 Å². The number of nitrogens with zero attached hydrogens (tertiary/aromatic N) is 1. The zero-order valence-electron chi connectivity index (χ0n) is 10.9. The molecule has 2 aromatic rings. The minimum Gasteiger partial charge on any atom is -0.472 e. The first-order valence-corrected chi connectivity index (χ1v) is 6.66. The van der Waals surface area contributed by atoms with Gasteiger partial charge in [0.25, 0.3) is 0 Å². The molecule has 3 nitrogen and oxygen atoms in total. The number of benzene rings is 1. The minimum atomic E-state index is -0.527. The van der Waals surface area contributed by atoms with E-state index >= 15 is 0 Å². The summed E-state index contributed by atoms with van der Waals surface area (Å²) < 4.78 is 5.03. The third-order valence-corrected chi connectivity index (χ3v) is 3.43. The number of aliphatic hydroxyl groups is 1. The molecule has 0 aliphatic heterocycles. The average Bonchev–Trinajstić information content (AvgIpc) is 2.89. The highest BCUT2D eigenvalue weighted by Gasteiger charge is 2.12. The molecule has 0 aliphatic carbocycles. The number of aliphatic hydroxyl groups excluding tert-OH is 1. The molecule has 1 aromatic heterocycles. The summed E-state index contributed by atoms with van der Waals surface area (Å²) in [5.41, 5.74) is 1.93. The van der Waals surface area contributed by atoms with Gasteiger partial charge in [0.15, 0.2) is 0 Å². The fourth-order valence-corrected chi connectivity index (χ4v) is 2.28. The van der Waals surface area contributed by atoms with Crippen LogP contribution in [0.2, 0.25) is 5.02 Å². The number of furan rings is 1. The Morgan fingerprint density at radius 3 is 2.79 bits per heavy atom. The summed E-state index contributed by atoms with van der Waals surface area (Å²) in [6.45, 7) is 1.60. The predicted octanol–water partition coefficient (Wildman–Crippen LogP) is 3.49. The molecule has 0 radical (unpaired) electrons. The maximum atomic E-state index is 10.1. The van der Waals surface area contributed by atoms with Gasteiger partial charge in [-0.05, 0) is 31.2 Å². The Morgan fingerprint density at radius 1 is 1.32 bits per heavy atom. The van der Waals surface area contributed by atoms with Gasteiger partial charge in [-0.25, -0.2) is 0 Å². The SMILES string of the molecule is CN(CCC(O)c1ccccc1Cl)Cc1ccoc1. The molecule has 0 amide bonds. The zero-order chi connectivity index (χ0) is 13.7. The van der Waals surface area contributed by atoms with Gasteiger partial charge in [0, 0.05) is 23.7 Å². The minimum absolute atomic E-state index is 0.527. The molecular weight excluding hydrogens is 262 g/mol. The maximum absolute atomic E-state index is 10.1. The smallest absolute Gasteiger partial charge is 0.0947 e. The quantitative estimate of drug-likeness (QED) is 0.879. The lowest BCUT2D eigenvalue weighted by Gasteiger charge is -2.18. The molecule has 2 rings (SSSR count). The van der Waals surface area contributed by atoms with Crippen molar-refractivity contribution in [3.63, 3.8) is 0 Å². The van der Waals surface area contributed by atoms with Crippen molar-refractivity contribution in [2.45, 2.75) is 19.1 Å². The summed E-state index contributed by atoms with van der Waals surface area (Å²) in [5.74, 6) is 0. The van der Waals surface area contributed by atoms with Crippen molar-refractivity contribution in [2.24, 2.45) is 0 Å². The summed E-state index contributed by atoms with van der Waals surface area (Å²) in [4.78, 5) is 2.14. The molecule has 1 atom stereocenters. The summed E-state index contributed by atoms with van der Waals surface area (Å²) in [7, 11) is 2.02. The maximum Gasteiger partial charge on any atom is 0.0947 e. The molecule has 102 valence electrons. The molecule has 1 aromatic carbocycles. The van der Waals surface area contributed by atoms with E-state index in [1.807, 2.05) is 31.3 Å². The Morgan fingerprint density at radius 2 is 2.11 bits per heavy atom. The van der Waals surface area contributed by atoms with Gasteiger partial charge in [-0.2, -0.15) is 0 Å². The topological polar surface area (TPSA) is 36.6 Å². The van der Waals surface area contributed by atoms with Crippen molar-refractivity contribution in [3.05, 3.63) is 59.0 Å².